The second-order valence-electron chi connectivity index (χ2n) is 4.67. The van der Waals surface area contributed by atoms with Crippen molar-refractivity contribution in [3.63, 3.8) is 0 Å². The summed E-state index contributed by atoms with van der Waals surface area (Å²) in [4.78, 5) is 0. The van der Waals surface area contributed by atoms with Crippen molar-refractivity contribution in [2.75, 3.05) is 19.6 Å². The van der Waals surface area contributed by atoms with Crippen molar-refractivity contribution in [1.29, 1.82) is 0 Å². The van der Waals surface area contributed by atoms with E-state index in [0.717, 1.165) is 26.1 Å². The average molecular weight is 233 g/mol. The number of rotatable bonds is 5. The van der Waals surface area contributed by atoms with Crippen LogP contribution in [0.5, 0.6) is 0 Å². The van der Waals surface area contributed by atoms with Gasteiger partial charge in [-0.3, -0.25) is 5.43 Å². The summed E-state index contributed by atoms with van der Waals surface area (Å²) < 4.78 is 0. The van der Waals surface area contributed by atoms with Gasteiger partial charge < -0.3 is 5.32 Å². The second-order valence-corrected chi connectivity index (χ2v) is 4.67. The zero-order chi connectivity index (χ0) is 12.1. The lowest BCUT2D eigenvalue weighted by Gasteiger charge is -2.19. The highest BCUT2D eigenvalue weighted by molar-refractivity contribution is 5.26. The van der Waals surface area contributed by atoms with Gasteiger partial charge in [-0.05, 0) is 24.1 Å². The smallest absolute Gasteiger partial charge is 0.0515 e. The van der Waals surface area contributed by atoms with Gasteiger partial charge in [0.05, 0.1) is 6.04 Å². The van der Waals surface area contributed by atoms with Crippen molar-refractivity contribution in [2.24, 2.45) is 5.92 Å². The Kier molecular flexibility index (Phi) is 4.54. The van der Waals surface area contributed by atoms with Crippen molar-refractivity contribution in [2.45, 2.75) is 26.3 Å². The molecule has 2 rings (SSSR count). The van der Waals surface area contributed by atoms with Crippen LogP contribution in [0.25, 0.3) is 0 Å². The summed E-state index contributed by atoms with van der Waals surface area (Å²) in [6.07, 6.45) is 1.11. The Hall–Kier alpha value is -0.900. The Morgan fingerprint density at radius 3 is 2.65 bits per heavy atom. The predicted molar refractivity (Wildman–Crippen MR) is 71.7 cm³/mol. The summed E-state index contributed by atoms with van der Waals surface area (Å²) in [7, 11) is 0. The van der Waals surface area contributed by atoms with E-state index in [9.17, 15) is 0 Å². The van der Waals surface area contributed by atoms with Crippen LogP contribution in [0.2, 0.25) is 0 Å². The highest BCUT2D eigenvalue weighted by Crippen LogP contribution is 2.24. The Bertz CT molecular complexity index is 334. The molecule has 0 amide bonds. The summed E-state index contributed by atoms with van der Waals surface area (Å²) >= 11 is 0. The standard InChI is InChI=1S/C14H23N3/c1-3-11-5-7-12(8-6-11)14-13(9-15-4-2)10-16-17-14/h5-8,13-17H,3-4,9-10H2,1-2H3. The molecule has 2 unspecified atom stereocenters. The highest BCUT2D eigenvalue weighted by Gasteiger charge is 2.27. The van der Waals surface area contributed by atoms with Gasteiger partial charge in [-0.2, -0.15) is 0 Å². The van der Waals surface area contributed by atoms with E-state index in [-0.39, 0.29) is 0 Å². The van der Waals surface area contributed by atoms with Crippen LogP contribution in [0.4, 0.5) is 0 Å². The zero-order valence-electron chi connectivity index (χ0n) is 10.8. The van der Waals surface area contributed by atoms with E-state index in [1.165, 1.54) is 11.1 Å². The van der Waals surface area contributed by atoms with Crippen LogP contribution in [-0.2, 0) is 6.42 Å². The molecule has 2 atom stereocenters. The van der Waals surface area contributed by atoms with Crippen molar-refractivity contribution in [3.05, 3.63) is 35.4 Å². The van der Waals surface area contributed by atoms with Gasteiger partial charge in [0, 0.05) is 19.0 Å². The van der Waals surface area contributed by atoms with E-state index in [1.807, 2.05) is 0 Å². The largest absolute Gasteiger partial charge is 0.317 e. The molecule has 3 N–H and O–H groups in total. The summed E-state index contributed by atoms with van der Waals surface area (Å²) in [5, 5.41) is 3.43. The third-order valence-corrected chi connectivity index (χ3v) is 3.50. The highest BCUT2D eigenvalue weighted by atomic mass is 15.4. The molecule has 3 nitrogen and oxygen atoms in total. The number of hydrogen-bond donors (Lipinski definition) is 3. The fraction of sp³-hybridized carbons (Fsp3) is 0.571. The first-order valence-corrected chi connectivity index (χ1v) is 6.63. The molecule has 1 aliphatic rings. The molecule has 1 fully saturated rings. The predicted octanol–water partition coefficient (Wildman–Crippen LogP) is 1.62. The fourth-order valence-electron chi connectivity index (χ4n) is 2.37. The normalized spacial score (nSPS) is 24.1. The van der Waals surface area contributed by atoms with E-state index in [4.69, 9.17) is 0 Å². The maximum absolute atomic E-state index is 3.43. The number of hydrogen-bond acceptors (Lipinski definition) is 3. The molecule has 1 aromatic carbocycles. The molecule has 0 aromatic heterocycles. The van der Waals surface area contributed by atoms with Crippen molar-refractivity contribution >= 4 is 0 Å². The average Bonchev–Trinajstić information content (AvgIpc) is 2.84. The minimum atomic E-state index is 0.431. The Balaban J connectivity index is 2.03. The van der Waals surface area contributed by atoms with Gasteiger partial charge in [0.15, 0.2) is 0 Å². The number of benzene rings is 1. The number of nitrogens with one attached hydrogen (secondary N) is 3. The van der Waals surface area contributed by atoms with Gasteiger partial charge in [0.2, 0.25) is 0 Å². The van der Waals surface area contributed by atoms with Gasteiger partial charge in [-0.15, -0.1) is 0 Å². The Labute approximate surface area is 104 Å². The summed E-state index contributed by atoms with van der Waals surface area (Å²) in [6.45, 7) is 7.49. The van der Waals surface area contributed by atoms with Crippen LogP contribution in [0, 0.1) is 5.92 Å². The maximum Gasteiger partial charge on any atom is 0.0515 e. The topological polar surface area (TPSA) is 36.1 Å². The van der Waals surface area contributed by atoms with E-state index in [1.54, 1.807) is 0 Å². The van der Waals surface area contributed by atoms with Crippen LogP contribution in [0.1, 0.15) is 31.0 Å². The SMILES string of the molecule is CCNCC1CNNC1c1ccc(CC)cc1. The van der Waals surface area contributed by atoms with Crippen molar-refractivity contribution in [1.82, 2.24) is 16.2 Å². The van der Waals surface area contributed by atoms with Crippen molar-refractivity contribution in [3.8, 4) is 0 Å². The quantitative estimate of drug-likeness (QED) is 0.723. The molecule has 3 heteroatoms. The molecule has 94 valence electrons. The molecule has 1 aliphatic heterocycles. The summed E-state index contributed by atoms with van der Waals surface area (Å²) in [6, 6.07) is 9.41. The first kappa shape index (κ1) is 12.6. The van der Waals surface area contributed by atoms with Gasteiger partial charge in [-0.1, -0.05) is 38.1 Å². The molecular weight excluding hydrogens is 210 g/mol. The van der Waals surface area contributed by atoms with E-state index in [2.05, 4.69) is 54.3 Å². The minimum Gasteiger partial charge on any atom is -0.317 e. The molecule has 1 aromatic rings. The van der Waals surface area contributed by atoms with Gasteiger partial charge in [-0.25, -0.2) is 5.43 Å². The molecule has 1 saturated heterocycles. The molecule has 0 bridgehead atoms. The Morgan fingerprint density at radius 2 is 2.00 bits per heavy atom. The Morgan fingerprint density at radius 1 is 1.24 bits per heavy atom. The molecule has 0 saturated carbocycles. The molecule has 17 heavy (non-hydrogen) atoms. The molecular formula is C14H23N3. The zero-order valence-corrected chi connectivity index (χ0v) is 10.8. The molecule has 1 heterocycles. The van der Waals surface area contributed by atoms with Gasteiger partial charge in [0.1, 0.15) is 0 Å². The number of hydrazine groups is 1. The number of aryl methyl sites for hydroxylation is 1. The summed E-state index contributed by atoms with van der Waals surface area (Å²) in [5.74, 6) is 0.627. The third kappa shape index (κ3) is 3.06. The lowest BCUT2D eigenvalue weighted by atomic mass is 9.94. The first-order valence-electron chi connectivity index (χ1n) is 6.63. The van der Waals surface area contributed by atoms with E-state index < -0.39 is 0 Å². The van der Waals surface area contributed by atoms with Crippen LogP contribution in [0.3, 0.4) is 0 Å². The maximum atomic E-state index is 3.43. The second kappa shape index (κ2) is 6.15. The van der Waals surface area contributed by atoms with Crippen LogP contribution in [0.15, 0.2) is 24.3 Å². The van der Waals surface area contributed by atoms with E-state index in [0.29, 0.717) is 12.0 Å². The van der Waals surface area contributed by atoms with Crippen LogP contribution in [-0.4, -0.2) is 19.6 Å². The lowest BCUT2D eigenvalue weighted by molar-refractivity contribution is 0.447. The summed E-state index contributed by atoms with van der Waals surface area (Å²) in [5.41, 5.74) is 9.44. The van der Waals surface area contributed by atoms with Crippen LogP contribution < -0.4 is 16.2 Å². The van der Waals surface area contributed by atoms with Gasteiger partial charge >= 0.3 is 0 Å². The molecule has 0 spiro atoms. The monoisotopic (exact) mass is 233 g/mol. The van der Waals surface area contributed by atoms with Crippen molar-refractivity contribution < 1.29 is 0 Å². The third-order valence-electron chi connectivity index (χ3n) is 3.50. The first-order chi connectivity index (χ1) is 8.35. The lowest BCUT2D eigenvalue weighted by Crippen LogP contribution is -2.28. The minimum absolute atomic E-state index is 0.431. The van der Waals surface area contributed by atoms with Crippen LogP contribution >= 0.6 is 0 Å². The van der Waals surface area contributed by atoms with E-state index >= 15 is 0 Å². The van der Waals surface area contributed by atoms with Gasteiger partial charge in [0.25, 0.3) is 0 Å². The molecule has 0 radical (unpaired) electrons. The fourth-order valence-corrected chi connectivity index (χ4v) is 2.37. The molecule has 0 aliphatic carbocycles.